The molecule has 2 rings (SSSR count). The summed E-state index contributed by atoms with van der Waals surface area (Å²) < 4.78 is 0. The van der Waals surface area contributed by atoms with Gasteiger partial charge in [0, 0.05) is 12.6 Å². The van der Waals surface area contributed by atoms with Crippen molar-refractivity contribution in [2.45, 2.75) is 12.5 Å². The first-order valence-corrected chi connectivity index (χ1v) is 5.11. The van der Waals surface area contributed by atoms with Crippen LogP contribution in [0.25, 0.3) is 0 Å². The number of phenolic OH excluding ortho intramolecular Hbond substituents is 1. The highest BCUT2D eigenvalue weighted by Crippen LogP contribution is 2.29. The minimum Gasteiger partial charge on any atom is -0.508 e. The average Bonchev–Trinajstić information content (AvgIpc) is 2.73. The number of nitrogens with one attached hydrogen (secondary N) is 2. The first kappa shape index (κ1) is 10.7. The molecule has 1 heterocycles. The summed E-state index contributed by atoms with van der Waals surface area (Å²) in [5.74, 6) is -0.0956. The zero-order valence-corrected chi connectivity index (χ0v) is 8.64. The van der Waals surface area contributed by atoms with Crippen LogP contribution in [-0.4, -0.2) is 29.2 Å². The van der Waals surface area contributed by atoms with Gasteiger partial charge in [-0.15, -0.1) is 0 Å². The van der Waals surface area contributed by atoms with Gasteiger partial charge in [-0.2, -0.15) is 0 Å². The average molecular weight is 223 g/mol. The molecule has 1 fully saturated rings. The molecule has 1 aliphatic heterocycles. The largest absolute Gasteiger partial charge is 0.508 e. The first-order valence-electron chi connectivity index (χ1n) is 5.11. The number of benzene rings is 1. The van der Waals surface area contributed by atoms with Crippen molar-refractivity contribution >= 4 is 11.4 Å². The molecule has 1 saturated heterocycles. The first-order chi connectivity index (χ1) is 7.66. The Balaban J connectivity index is 2.21. The summed E-state index contributed by atoms with van der Waals surface area (Å²) in [4.78, 5) is 10.3. The third kappa shape index (κ3) is 2.22. The van der Waals surface area contributed by atoms with Gasteiger partial charge in [0.1, 0.15) is 11.4 Å². The maximum Gasteiger partial charge on any atom is 0.296 e. The molecule has 0 aromatic heterocycles. The fourth-order valence-electron chi connectivity index (χ4n) is 1.79. The van der Waals surface area contributed by atoms with Gasteiger partial charge in [0.2, 0.25) is 0 Å². The molecule has 0 bridgehead atoms. The molecule has 0 saturated carbocycles. The summed E-state index contributed by atoms with van der Waals surface area (Å²) in [6, 6.07) is 4.34. The normalized spacial score (nSPS) is 19.6. The number of nitro groups is 1. The molecule has 1 unspecified atom stereocenters. The standard InChI is InChI=1S/C10H13N3O3/c14-8-1-2-9(10(5-8)13(15)16)12-7-3-4-11-6-7/h1-2,5,7,11-12,14H,3-4,6H2. The molecule has 6 heteroatoms. The Bertz CT molecular complexity index is 402. The van der Waals surface area contributed by atoms with Crippen LogP contribution in [0.15, 0.2) is 18.2 Å². The maximum atomic E-state index is 10.8. The zero-order valence-electron chi connectivity index (χ0n) is 8.64. The van der Waals surface area contributed by atoms with Crippen molar-refractivity contribution in [2.24, 2.45) is 0 Å². The lowest BCUT2D eigenvalue weighted by molar-refractivity contribution is -0.384. The Hall–Kier alpha value is -1.82. The molecule has 0 spiro atoms. The molecule has 86 valence electrons. The summed E-state index contributed by atoms with van der Waals surface area (Å²) in [7, 11) is 0. The molecule has 0 radical (unpaired) electrons. The van der Waals surface area contributed by atoms with E-state index in [2.05, 4.69) is 10.6 Å². The molecular formula is C10H13N3O3. The van der Waals surface area contributed by atoms with Crippen LogP contribution in [0.1, 0.15) is 6.42 Å². The number of hydrogen-bond acceptors (Lipinski definition) is 5. The van der Waals surface area contributed by atoms with Gasteiger partial charge in [-0.05, 0) is 25.1 Å². The van der Waals surface area contributed by atoms with E-state index in [1.54, 1.807) is 0 Å². The summed E-state index contributed by atoms with van der Waals surface area (Å²) in [5.41, 5.74) is 0.364. The van der Waals surface area contributed by atoms with E-state index >= 15 is 0 Å². The van der Waals surface area contributed by atoms with Crippen molar-refractivity contribution in [1.29, 1.82) is 0 Å². The Morgan fingerprint density at radius 2 is 2.38 bits per heavy atom. The highest BCUT2D eigenvalue weighted by Gasteiger charge is 2.20. The van der Waals surface area contributed by atoms with Gasteiger partial charge in [0.25, 0.3) is 5.69 Å². The lowest BCUT2D eigenvalue weighted by Gasteiger charge is -2.12. The van der Waals surface area contributed by atoms with Crippen LogP contribution in [0.3, 0.4) is 0 Å². The second-order valence-electron chi connectivity index (χ2n) is 3.79. The number of phenols is 1. The molecule has 1 aliphatic rings. The highest BCUT2D eigenvalue weighted by molar-refractivity contribution is 5.64. The molecule has 6 nitrogen and oxygen atoms in total. The van der Waals surface area contributed by atoms with E-state index in [0.29, 0.717) is 5.69 Å². The SMILES string of the molecule is O=[N+]([O-])c1cc(O)ccc1NC1CCNC1. The van der Waals surface area contributed by atoms with Crippen molar-refractivity contribution in [2.75, 3.05) is 18.4 Å². The van der Waals surface area contributed by atoms with Crippen LogP contribution >= 0.6 is 0 Å². The van der Waals surface area contributed by atoms with Crippen molar-refractivity contribution < 1.29 is 10.0 Å². The number of hydrogen-bond donors (Lipinski definition) is 3. The van der Waals surface area contributed by atoms with Crippen molar-refractivity contribution in [3.8, 4) is 5.75 Å². The van der Waals surface area contributed by atoms with E-state index in [-0.39, 0.29) is 17.5 Å². The van der Waals surface area contributed by atoms with Crippen LogP contribution in [0, 0.1) is 10.1 Å². The van der Waals surface area contributed by atoms with Gasteiger partial charge < -0.3 is 15.7 Å². The molecule has 1 aromatic rings. The Labute approximate surface area is 92.4 Å². The number of nitro benzene ring substituents is 1. The van der Waals surface area contributed by atoms with Crippen LogP contribution in [0.4, 0.5) is 11.4 Å². The van der Waals surface area contributed by atoms with Gasteiger partial charge in [-0.25, -0.2) is 0 Å². The minimum absolute atomic E-state index is 0.0908. The predicted molar refractivity (Wildman–Crippen MR) is 59.7 cm³/mol. The highest BCUT2D eigenvalue weighted by atomic mass is 16.6. The molecular weight excluding hydrogens is 210 g/mol. The van der Waals surface area contributed by atoms with E-state index in [1.807, 2.05) is 0 Å². The number of nitrogens with zero attached hydrogens (tertiary/aromatic N) is 1. The quantitative estimate of drug-likeness (QED) is 0.405. The van der Waals surface area contributed by atoms with Gasteiger partial charge in [-0.3, -0.25) is 10.1 Å². The molecule has 1 atom stereocenters. The van der Waals surface area contributed by atoms with E-state index in [9.17, 15) is 15.2 Å². The fourth-order valence-corrected chi connectivity index (χ4v) is 1.79. The van der Waals surface area contributed by atoms with E-state index in [1.165, 1.54) is 12.1 Å². The number of anilines is 1. The monoisotopic (exact) mass is 223 g/mol. The Kier molecular flexibility index (Phi) is 2.91. The maximum absolute atomic E-state index is 10.8. The number of aromatic hydroxyl groups is 1. The van der Waals surface area contributed by atoms with E-state index in [0.717, 1.165) is 25.6 Å². The summed E-state index contributed by atoms with van der Waals surface area (Å²) in [6.07, 6.45) is 0.942. The second-order valence-corrected chi connectivity index (χ2v) is 3.79. The van der Waals surface area contributed by atoms with E-state index < -0.39 is 4.92 Å². The zero-order chi connectivity index (χ0) is 11.5. The summed E-state index contributed by atoms with van der Waals surface area (Å²) in [5, 5.41) is 26.3. The summed E-state index contributed by atoms with van der Waals surface area (Å²) >= 11 is 0. The van der Waals surface area contributed by atoms with Crippen LogP contribution in [0.2, 0.25) is 0 Å². The minimum atomic E-state index is -0.496. The van der Waals surface area contributed by atoms with Gasteiger partial charge in [-0.1, -0.05) is 0 Å². The van der Waals surface area contributed by atoms with Crippen LogP contribution < -0.4 is 10.6 Å². The molecule has 16 heavy (non-hydrogen) atoms. The Morgan fingerprint density at radius 1 is 1.56 bits per heavy atom. The Morgan fingerprint density at radius 3 is 3.00 bits per heavy atom. The molecule has 3 N–H and O–H groups in total. The lowest BCUT2D eigenvalue weighted by atomic mass is 10.2. The predicted octanol–water partition coefficient (Wildman–Crippen LogP) is 1.07. The number of rotatable bonds is 3. The van der Waals surface area contributed by atoms with Crippen LogP contribution in [-0.2, 0) is 0 Å². The van der Waals surface area contributed by atoms with E-state index in [4.69, 9.17) is 0 Å². The van der Waals surface area contributed by atoms with Crippen molar-refractivity contribution in [3.63, 3.8) is 0 Å². The molecule has 0 amide bonds. The second kappa shape index (κ2) is 4.36. The van der Waals surface area contributed by atoms with Crippen molar-refractivity contribution in [1.82, 2.24) is 5.32 Å². The summed E-state index contributed by atoms with van der Waals surface area (Å²) in [6.45, 7) is 1.72. The van der Waals surface area contributed by atoms with Crippen molar-refractivity contribution in [3.05, 3.63) is 28.3 Å². The molecule has 0 aliphatic carbocycles. The lowest BCUT2D eigenvalue weighted by Crippen LogP contribution is -2.22. The topological polar surface area (TPSA) is 87.4 Å². The van der Waals surface area contributed by atoms with Gasteiger partial charge in [0.05, 0.1) is 11.0 Å². The molecule has 1 aromatic carbocycles. The third-order valence-electron chi connectivity index (χ3n) is 2.60. The van der Waals surface area contributed by atoms with Crippen LogP contribution in [0.5, 0.6) is 5.75 Å². The smallest absolute Gasteiger partial charge is 0.296 e. The van der Waals surface area contributed by atoms with Gasteiger partial charge >= 0.3 is 0 Å². The van der Waals surface area contributed by atoms with Gasteiger partial charge in [0.15, 0.2) is 0 Å². The fraction of sp³-hybridized carbons (Fsp3) is 0.400. The third-order valence-corrected chi connectivity index (χ3v) is 2.60.